The predicted octanol–water partition coefficient (Wildman–Crippen LogP) is -0.522. The molecule has 1 fully saturated rings. The Hall–Kier alpha value is -1.50. The van der Waals surface area contributed by atoms with Gasteiger partial charge in [0.1, 0.15) is 6.10 Å². The standard InChI is InChI=1S/C15H18O6/c1-6-4-9(18)12-13(21-14(19)15(12,20)5-16)11-7(2)3-8(17)10(6)11/h3,9,11-13,16,18,20H,4-5H2,1-2H3/t9-,11-,12+,13+,15+/m0/s1. The van der Waals surface area contributed by atoms with Crippen LogP contribution in [0, 0.1) is 11.8 Å². The van der Waals surface area contributed by atoms with Gasteiger partial charge in [-0.3, -0.25) is 4.79 Å². The second-order valence-corrected chi connectivity index (χ2v) is 6.17. The molecule has 1 heterocycles. The van der Waals surface area contributed by atoms with Crippen molar-refractivity contribution in [2.24, 2.45) is 11.8 Å². The molecule has 2 aliphatic carbocycles. The number of rotatable bonds is 1. The van der Waals surface area contributed by atoms with Crippen LogP contribution in [0.4, 0.5) is 0 Å². The van der Waals surface area contributed by atoms with E-state index in [2.05, 4.69) is 0 Å². The Morgan fingerprint density at radius 3 is 2.67 bits per heavy atom. The maximum Gasteiger partial charge on any atom is 0.341 e. The summed E-state index contributed by atoms with van der Waals surface area (Å²) in [5.41, 5.74) is -0.107. The first-order valence-electron chi connectivity index (χ1n) is 6.95. The van der Waals surface area contributed by atoms with Crippen molar-refractivity contribution in [2.45, 2.75) is 38.1 Å². The molecule has 6 nitrogen and oxygen atoms in total. The summed E-state index contributed by atoms with van der Waals surface area (Å²) in [4.78, 5) is 24.1. The summed E-state index contributed by atoms with van der Waals surface area (Å²) in [5.74, 6) is -2.49. The fourth-order valence-corrected chi connectivity index (χ4v) is 3.89. The maximum atomic E-state index is 12.1. The molecule has 5 atom stereocenters. The minimum Gasteiger partial charge on any atom is -0.459 e. The monoisotopic (exact) mass is 294 g/mol. The van der Waals surface area contributed by atoms with E-state index < -0.39 is 42.2 Å². The smallest absolute Gasteiger partial charge is 0.341 e. The second-order valence-electron chi connectivity index (χ2n) is 6.17. The third kappa shape index (κ3) is 1.76. The van der Waals surface area contributed by atoms with Crippen molar-refractivity contribution in [2.75, 3.05) is 6.61 Å². The van der Waals surface area contributed by atoms with Gasteiger partial charge in [-0.25, -0.2) is 4.79 Å². The lowest BCUT2D eigenvalue weighted by Gasteiger charge is -2.30. The van der Waals surface area contributed by atoms with Crippen LogP contribution < -0.4 is 0 Å². The molecule has 0 amide bonds. The lowest BCUT2D eigenvalue weighted by atomic mass is 9.77. The van der Waals surface area contributed by atoms with E-state index in [4.69, 9.17) is 4.74 Å². The van der Waals surface area contributed by atoms with Crippen LogP contribution in [0.3, 0.4) is 0 Å². The molecule has 114 valence electrons. The van der Waals surface area contributed by atoms with Gasteiger partial charge in [-0.05, 0) is 26.3 Å². The molecule has 21 heavy (non-hydrogen) atoms. The minimum absolute atomic E-state index is 0.140. The van der Waals surface area contributed by atoms with Gasteiger partial charge in [0.2, 0.25) is 0 Å². The van der Waals surface area contributed by atoms with Gasteiger partial charge in [0, 0.05) is 11.5 Å². The molecule has 0 unspecified atom stereocenters. The Bertz CT molecular complexity index is 589. The number of aliphatic hydroxyl groups is 3. The number of ketones is 1. The first kappa shape index (κ1) is 14.4. The van der Waals surface area contributed by atoms with E-state index in [0.717, 1.165) is 11.1 Å². The summed E-state index contributed by atoms with van der Waals surface area (Å²) in [7, 11) is 0. The number of carbonyl (C=O) groups is 2. The zero-order valence-electron chi connectivity index (χ0n) is 11.9. The highest BCUT2D eigenvalue weighted by atomic mass is 16.6. The van der Waals surface area contributed by atoms with Gasteiger partial charge in [-0.2, -0.15) is 0 Å². The molecular weight excluding hydrogens is 276 g/mol. The number of ether oxygens (including phenoxy) is 1. The minimum atomic E-state index is -2.12. The van der Waals surface area contributed by atoms with Crippen LogP contribution in [0.25, 0.3) is 0 Å². The Balaban J connectivity index is 2.14. The van der Waals surface area contributed by atoms with Crippen LogP contribution in [-0.4, -0.2) is 51.5 Å². The molecule has 3 N–H and O–H groups in total. The molecule has 0 aromatic rings. The second kappa shape index (κ2) is 4.50. The van der Waals surface area contributed by atoms with Crippen molar-refractivity contribution >= 4 is 11.8 Å². The van der Waals surface area contributed by atoms with E-state index in [1.54, 1.807) is 13.8 Å². The zero-order chi connectivity index (χ0) is 15.5. The van der Waals surface area contributed by atoms with Crippen molar-refractivity contribution in [1.29, 1.82) is 0 Å². The summed E-state index contributed by atoms with van der Waals surface area (Å²) in [6, 6.07) is 0. The summed E-state index contributed by atoms with van der Waals surface area (Å²) in [5, 5.41) is 30.2. The fourth-order valence-electron chi connectivity index (χ4n) is 3.89. The van der Waals surface area contributed by atoms with E-state index in [1.165, 1.54) is 6.08 Å². The fraction of sp³-hybridized carbons (Fsp3) is 0.600. The topological polar surface area (TPSA) is 104 Å². The highest BCUT2D eigenvalue weighted by Gasteiger charge is 2.63. The van der Waals surface area contributed by atoms with E-state index >= 15 is 0 Å². The molecule has 1 aliphatic heterocycles. The first-order valence-corrected chi connectivity index (χ1v) is 6.95. The molecule has 3 aliphatic rings. The zero-order valence-corrected chi connectivity index (χ0v) is 11.9. The van der Waals surface area contributed by atoms with Crippen molar-refractivity contribution < 1.29 is 29.6 Å². The van der Waals surface area contributed by atoms with Gasteiger partial charge in [0.25, 0.3) is 0 Å². The van der Waals surface area contributed by atoms with Crippen LogP contribution in [0.15, 0.2) is 22.8 Å². The third-order valence-electron chi connectivity index (χ3n) is 4.89. The van der Waals surface area contributed by atoms with E-state index in [-0.39, 0.29) is 12.2 Å². The molecule has 0 radical (unpaired) electrons. The largest absolute Gasteiger partial charge is 0.459 e. The van der Waals surface area contributed by atoms with Crippen LogP contribution >= 0.6 is 0 Å². The summed E-state index contributed by atoms with van der Waals surface area (Å²) < 4.78 is 5.27. The van der Waals surface area contributed by atoms with Gasteiger partial charge >= 0.3 is 5.97 Å². The average molecular weight is 294 g/mol. The van der Waals surface area contributed by atoms with Gasteiger partial charge in [0.05, 0.1) is 18.6 Å². The van der Waals surface area contributed by atoms with Gasteiger partial charge < -0.3 is 20.1 Å². The number of esters is 1. The molecule has 1 saturated heterocycles. The van der Waals surface area contributed by atoms with E-state index in [1.807, 2.05) is 0 Å². The number of carbonyl (C=O) groups excluding carboxylic acids is 2. The summed E-state index contributed by atoms with van der Waals surface area (Å²) in [6.07, 6.45) is -0.224. The number of fused-ring (bicyclic) bond motifs is 3. The lowest BCUT2D eigenvalue weighted by Crippen LogP contribution is -2.51. The van der Waals surface area contributed by atoms with E-state index in [0.29, 0.717) is 5.57 Å². The third-order valence-corrected chi connectivity index (χ3v) is 4.89. The predicted molar refractivity (Wildman–Crippen MR) is 71.0 cm³/mol. The Morgan fingerprint density at radius 1 is 1.38 bits per heavy atom. The van der Waals surface area contributed by atoms with Crippen molar-refractivity contribution in [3.8, 4) is 0 Å². The number of hydrogen-bond acceptors (Lipinski definition) is 6. The van der Waals surface area contributed by atoms with Crippen LogP contribution in [-0.2, 0) is 14.3 Å². The van der Waals surface area contributed by atoms with Crippen LogP contribution in [0.5, 0.6) is 0 Å². The van der Waals surface area contributed by atoms with Crippen molar-refractivity contribution in [3.05, 3.63) is 22.8 Å². The molecule has 6 heteroatoms. The van der Waals surface area contributed by atoms with Gasteiger partial charge in [-0.15, -0.1) is 0 Å². The van der Waals surface area contributed by atoms with Gasteiger partial charge in [0.15, 0.2) is 11.4 Å². The molecule has 3 rings (SSSR count). The lowest BCUT2D eigenvalue weighted by molar-refractivity contribution is -0.160. The number of aliphatic hydroxyl groups excluding tert-OH is 2. The van der Waals surface area contributed by atoms with E-state index in [9.17, 15) is 24.9 Å². The molecule has 0 bridgehead atoms. The molecule has 0 saturated carbocycles. The summed E-state index contributed by atoms with van der Waals surface area (Å²) in [6.45, 7) is 2.71. The first-order chi connectivity index (χ1) is 9.81. The quantitative estimate of drug-likeness (QED) is 0.562. The Labute approximate surface area is 121 Å². The number of allylic oxidation sites excluding steroid dienone is 1. The normalized spacial score (nSPS) is 42.4. The summed E-state index contributed by atoms with van der Waals surface area (Å²) >= 11 is 0. The number of hydrogen-bond donors (Lipinski definition) is 3. The maximum absolute atomic E-state index is 12.1. The average Bonchev–Trinajstić information content (AvgIpc) is 2.80. The molecule has 0 spiro atoms. The molecular formula is C15H18O6. The Morgan fingerprint density at radius 2 is 2.05 bits per heavy atom. The highest BCUT2D eigenvalue weighted by molar-refractivity contribution is 6.09. The highest BCUT2D eigenvalue weighted by Crippen LogP contribution is 2.49. The molecule has 0 aromatic heterocycles. The van der Waals surface area contributed by atoms with Crippen molar-refractivity contribution in [3.63, 3.8) is 0 Å². The SMILES string of the molecule is CC1=CC(=O)C2=C(C)C[C@H](O)[C@@H]3[C@H](OC(=O)[C@@]3(O)CO)[C@@H]12. The van der Waals surface area contributed by atoms with Crippen LogP contribution in [0.1, 0.15) is 20.3 Å². The van der Waals surface area contributed by atoms with Crippen LogP contribution in [0.2, 0.25) is 0 Å². The van der Waals surface area contributed by atoms with Gasteiger partial charge in [-0.1, -0.05) is 11.1 Å². The molecule has 0 aromatic carbocycles. The van der Waals surface area contributed by atoms with Crippen molar-refractivity contribution in [1.82, 2.24) is 0 Å². The Kier molecular flexibility index (Phi) is 3.09.